The van der Waals surface area contributed by atoms with E-state index < -0.39 is 5.82 Å². The molecule has 0 bridgehead atoms. The zero-order valence-corrected chi connectivity index (χ0v) is 22.5. The van der Waals surface area contributed by atoms with Gasteiger partial charge < -0.3 is 14.8 Å². The first-order chi connectivity index (χ1) is 18.1. The van der Waals surface area contributed by atoms with Gasteiger partial charge in [0.2, 0.25) is 5.16 Å². The van der Waals surface area contributed by atoms with Crippen molar-refractivity contribution in [3.63, 3.8) is 0 Å². The van der Waals surface area contributed by atoms with E-state index in [1.807, 2.05) is 49.4 Å². The maximum Gasteiger partial charge on any atom is 0.214 e. The minimum absolute atomic E-state index is 0.0614. The number of ether oxygens (including phenoxy) is 2. The lowest BCUT2D eigenvalue weighted by Crippen LogP contribution is -2.15. The molecule has 1 aromatic heterocycles. The Bertz CT molecular complexity index is 1290. The minimum Gasteiger partial charge on any atom is -0.490 e. The van der Waals surface area contributed by atoms with Gasteiger partial charge in [-0.3, -0.25) is 0 Å². The highest BCUT2D eigenvalue weighted by Crippen LogP contribution is 2.38. The average molecular weight is 562 g/mol. The number of aromatic nitrogens is 4. The number of tetrazole rings is 1. The first-order valence-corrected chi connectivity index (χ1v) is 13.5. The van der Waals surface area contributed by atoms with Gasteiger partial charge in [-0.15, -0.1) is 5.10 Å². The van der Waals surface area contributed by atoms with Crippen LogP contribution < -0.4 is 14.8 Å². The Morgan fingerprint density at radius 2 is 1.86 bits per heavy atom. The molecular weight excluding hydrogens is 536 g/mol. The molecule has 1 heterocycles. The van der Waals surface area contributed by atoms with Gasteiger partial charge in [-0.25, -0.2) is 4.39 Å². The normalized spacial score (nSPS) is 11.0. The standard InChI is InChI=1S/C26H26Cl2FN5O2S/c1-2-35-24-15-18(14-22(28)25(24)36-17-20-21(27)10-6-11-23(20)29)16-30-12-7-13-37-26-31-32-33-34(26)19-8-4-3-5-9-19/h3-6,8-11,14-15,30H,2,7,12-13,16-17H2,1H3. The minimum atomic E-state index is -0.433. The fraction of sp³-hybridized carbons (Fsp3) is 0.269. The third kappa shape index (κ3) is 7.35. The quantitative estimate of drug-likeness (QED) is 0.150. The van der Waals surface area contributed by atoms with Gasteiger partial charge >= 0.3 is 0 Å². The number of nitrogens with one attached hydrogen (secondary N) is 1. The second-order valence-electron chi connectivity index (χ2n) is 7.91. The molecule has 7 nitrogen and oxygen atoms in total. The van der Waals surface area contributed by atoms with E-state index in [4.69, 9.17) is 32.7 Å². The topological polar surface area (TPSA) is 74.1 Å². The van der Waals surface area contributed by atoms with Crippen LogP contribution in [-0.2, 0) is 13.2 Å². The van der Waals surface area contributed by atoms with Crippen LogP contribution >= 0.6 is 35.0 Å². The summed E-state index contributed by atoms with van der Waals surface area (Å²) >= 11 is 14.2. The van der Waals surface area contributed by atoms with Gasteiger partial charge in [-0.05, 0) is 72.3 Å². The molecule has 1 N–H and O–H groups in total. The summed E-state index contributed by atoms with van der Waals surface area (Å²) in [5, 5.41) is 16.9. The maximum absolute atomic E-state index is 14.1. The van der Waals surface area contributed by atoms with Crippen molar-refractivity contribution in [1.29, 1.82) is 0 Å². The van der Waals surface area contributed by atoms with Gasteiger partial charge in [0, 0.05) is 17.9 Å². The molecule has 194 valence electrons. The summed E-state index contributed by atoms with van der Waals surface area (Å²) in [6.07, 6.45) is 0.920. The molecule has 0 radical (unpaired) electrons. The van der Waals surface area contributed by atoms with Crippen LogP contribution in [0.15, 0.2) is 65.8 Å². The molecule has 0 aliphatic heterocycles. The third-order valence-corrected chi connectivity index (χ3v) is 6.93. The van der Waals surface area contributed by atoms with Gasteiger partial charge in [0.05, 0.1) is 22.3 Å². The van der Waals surface area contributed by atoms with Crippen LogP contribution in [0.2, 0.25) is 10.0 Å². The smallest absolute Gasteiger partial charge is 0.214 e. The first-order valence-electron chi connectivity index (χ1n) is 11.7. The van der Waals surface area contributed by atoms with Crippen LogP contribution in [0, 0.1) is 5.82 Å². The van der Waals surface area contributed by atoms with Gasteiger partial charge in [0.25, 0.3) is 0 Å². The Morgan fingerprint density at radius 1 is 1.03 bits per heavy atom. The Hall–Kier alpha value is -2.85. The Labute approximate surface area is 229 Å². The third-order valence-electron chi connectivity index (χ3n) is 5.29. The SMILES string of the molecule is CCOc1cc(CNCCCSc2nnnn2-c2ccccc2)cc(Cl)c1OCc1c(F)cccc1Cl. The van der Waals surface area contributed by atoms with Gasteiger partial charge in [0.15, 0.2) is 11.5 Å². The van der Waals surface area contributed by atoms with E-state index in [0.29, 0.717) is 34.7 Å². The Kier molecular flexibility index (Phi) is 10.0. The summed E-state index contributed by atoms with van der Waals surface area (Å²) in [7, 11) is 0. The molecule has 37 heavy (non-hydrogen) atoms. The van der Waals surface area contributed by atoms with Crippen molar-refractivity contribution >= 4 is 35.0 Å². The van der Waals surface area contributed by atoms with Crippen molar-refractivity contribution in [1.82, 2.24) is 25.5 Å². The highest BCUT2D eigenvalue weighted by Gasteiger charge is 2.15. The number of thioether (sulfide) groups is 1. The molecule has 3 aromatic carbocycles. The summed E-state index contributed by atoms with van der Waals surface area (Å²) in [5.41, 5.74) is 2.15. The van der Waals surface area contributed by atoms with Crippen LogP contribution in [-0.4, -0.2) is 39.1 Å². The van der Waals surface area contributed by atoms with E-state index >= 15 is 0 Å². The van der Waals surface area contributed by atoms with Crippen molar-refractivity contribution in [2.75, 3.05) is 18.9 Å². The number of para-hydroxylation sites is 1. The molecular formula is C26H26Cl2FN5O2S. The second-order valence-corrected chi connectivity index (χ2v) is 9.79. The molecule has 11 heteroatoms. The first kappa shape index (κ1) is 27.2. The number of benzene rings is 3. The van der Waals surface area contributed by atoms with E-state index in [9.17, 15) is 4.39 Å². The highest BCUT2D eigenvalue weighted by molar-refractivity contribution is 7.99. The monoisotopic (exact) mass is 561 g/mol. The van der Waals surface area contributed by atoms with E-state index in [1.165, 1.54) is 6.07 Å². The van der Waals surface area contributed by atoms with Crippen molar-refractivity contribution in [3.05, 3.63) is 87.7 Å². The molecule has 4 rings (SSSR count). The molecule has 0 fully saturated rings. The van der Waals surface area contributed by atoms with Gasteiger partial charge in [-0.2, -0.15) is 4.68 Å². The average Bonchev–Trinajstić information content (AvgIpc) is 3.36. The van der Waals surface area contributed by atoms with Gasteiger partial charge in [-0.1, -0.05) is 59.2 Å². The zero-order valence-electron chi connectivity index (χ0n) is 20.2. The van der Waals surface area contributed by atoms with Crippen LogP contribution in [0.25, 0.3) is 5.69 Å². The highest BCUT2D eigenvalue weighted by atomic mass is 35.5. The predicted octanol–water partition coefficient (Wildman–Crippen LogP) is 6.36. The molecule has 0 aliphatic rings. The number of rotatable bonds is 13. The van der Waals surface area contributed by atoms with E-state index in [2.05, 4.69) is 20.8 Å². The van der Waals surface area contributed by atoms with Crippen molar-refractivity contribution in [3.8, 4) is 17.2 Å². The molecule has 0 atom stereocenters. The number of halogens is 3. The van der Waals surface area contributed by atoms with Crippen molar-refractivity contribution in [2.24, 2.45) is 0 Å². The Morgan fingerprint density at radius 3 is 2.65 bits per heavy atom. The zero-order chi connectivity index (χ0) is 26.0. The largest absolute Gasteiger partial charge is 0.490 e. The number of hydrogen-bond donors (Lipinski definition) is 1. The van der Waals surface area contributed by atoms with Crippen LogP contribution in [0.1, 0.15) is 24.5 Å². The summed E-state index contributed by atoms with van der Waals surface area (Å²) < 4.78 is 27.4. The fourth-order valence-electron chi connectivity index (χ4n) is 3.53. The second kappa shape index (κ2) is 13.6. The number of hydrogen-bond acceptors (Lipinski definition) is 7. The molecule has 0 aliphatic carbocycles. The van der Waals surface area contributed by atoms with Crippen molar-refractivity contribution in [2.45, 2.75) is 31.7 Å². The lowest BCUT2D eigenvalue weighted by Gasteiger charge is -2.16. The van der Waals surface area contributed by atoms with Crippen molar-refractivity contribution < 1.29 is 13.9 Å². The maximum atomic E-state index is 14.1. The summed E-state index contributed by atoms with van der Waals surface area (Å²) in [4.78, 5) is 0. The van der Waals surface area contributed by atoms with E-state index in [1.54, 1.807) is 28.6 Å². The lowest BCUT2D eigenvalue weighted by molar-refractivity contribution is 0.266. The van der Waals surface area contributed by atoms with Crippen LogP contribution in [0.3, 0.4) is 0 Å². The lowest BCUT2D eigenvalue weighted by atomic mass is 10.2. The molecule has 4 aromatic rings. The molecule has 0 amide bonds. The van der Waals surface area contributed by atoms with Crippen LogP contribution in [0.5, 0.6) is 11.5 Å². The molecule has 0 unspecified atom stereocenters. The summed E-state index contributed by atoms with van der Waals surface area (Å²) in [6, 6.07) is 18.0. The van der Waals surface area contributed by atoms with E-state index in [-0.39, 0.29) is 12.2 Å². The summed E-state index contributed by atoms with van der Waals surface area (Å²) in [5.74, 6) is 1.29. The fourth-order valence-corrected chi connectivity index (χ4v) is 4.87. The van der Waals surface area contributed by atoms with Gasteiger partial charge in [0.1, 0.15) is 12.4 Å². The number of nitrogens with zero attached hydrogens (tertiary/aromatic N) is 4. The molecule has 0 saturated carbocycles. The van der Waals surface area contributed by atoms with E-state index in [0.717, 1.165) is 35.1 Å². The Balaban J connectivity index is 1.28. The van der Waals surface area contributed by atoms with Crippen LogP contribution in [0.4, 0.5) is 4.39 Å². The molecule has 0 spiro atoms. The summed E-state index contributed by atoms with van der Waals surface area (Å²) in [6.45, 7) is 3.65. The predicted molar refractivity (Wildman–Crippen MR) is 145 cm³/mol. The molecule has 0 saturated heterocycles.